The molecule has 0 saturated heterocycles. The van der Waals surface area contributed by atoms with Gasteiger partial charge in [-0.15, -0.1) is 11.3 Å². The topological polar surface area (TPSA) is 74.8 Å². The Morgan fingerprint density at radius 2 is 2.00 bits per heavy atom. The summed E-state index contributed by atoms with van der Waals surface area (Å²) in [6.07, 6.45) is 0.657. The number of thiazole rings is 1. The van der Waals surface area contributed by atoms with E-state index < -0.39 is 0 Å². The number of H-pyrrole nitrogens is 1. The number of aromatic nitrogens is 2. The van der Waals surface area contributed by atoms with Crippen molar-refractivity contribution in [2.45, 2.75) is 13.3 Å². The van der Waals surface area contributed by atoms with Crippen molar-refractivity contribution in [3.63, 3.8) is 0 Å². The number of nitrogens with one attached hydrogen (secondary N) is 2. The number of aromatic amines is 1. The van der Waals surface area contributed by atoms with Gasteiger partial charge in [0.25, 0.3) is 11.5 Å². The van der Waals surface area contributed by atoms with Crippen molar-refractivity contribution in [1.82, 2.24) is 15.3 Å². The lowest BCUT2D eigenvalue weighted by Gasteiger charge is -2.05. The Balaban J connectivity index is 1.66. The molecule has 0 unspecified atom stereocenters. The van der Waals surface area contributed by atoms with E-state index in [1.165, 1.54) is 0 Å². The Bertz CT molecular complexity index is 900. The van der Waals surface area contributed by atoms with Crippen molar-refractivity contribution < 1.29 is 4.79 Å². The van der Waals surface area contributed by atoms with Gasteiger partial charge in [-0.2, -0.15) is 0 Å². The monoisotopic (exact) mass is 339 g/mol. The standard InChI is InChI=1S/C18H17N3O2S/c1-12-11-24-16(20-12)9-10-19-17(22)14-7-8-15(21-18(14)23)13-5-3-2-4-6-13/h2-8,11H,9-10H2,1H3,(H,19,22)(H,21,23). The second-order valence-electron chi connectivity index (χ2n) is 5.37. The van der Waals surface area contributed by atoms with Crippen LogP contribution in [0.2, 0.25) is 0 Å². The van der Waals surface area contributed by atoms with E-state index >= 15 is 0 Å². The van der Waals surface area contributed by atoms with Gasteiger partial charge in [0.1, 0.15) is 5.56 Å². The molecule has 6 heteroatoms. The van der Waals surface area contributed by atoms with Crippen LogP contribution >= 0.6 is 11.3 Å². The van der Waals surface area contributed by atoms with Gasteiger partial charge < -0.3 is 10.3 Å². The van der Waals surface area contributed by atoms with E-state index in [2.05, 4.69) is 15.3 Å². The molecule has 0 aliphatic heterocycles. The van der Waals surface area contributed by atoms with Gasteiger partial charge >= 0.3 is 0 Å². The molecule has 1 aromatic carbocycles. The molecule has 3 rings (SSSR count). The maximum Gasteiger partial charge on any atom is 0.261 e. The molecular formula is C18H17N3O2S. The largest absolute Gasteiger partial charge is 0.351 e. The van der Waals surface area contributed by atoms with Crippen LogP contribution in [-0.4, -0.2) is 22.4 Å². The maximum atomic E-state index is 12.2. The molecule has 0 aliphatic rings. The van der Waals surface area contributed by atoms with Crippen LogP contribution in [-0.2, 0) is 6.42 Å². The van der Waals surface area contributed by atoms with E-state index in [-0.39, 0.29) is 17.0 Å². The molecule has 5 nitrogen and oxygen atoms in total. The average molecular weight is 339 g/mol. The number of carbonyl (C=O) groups is 1. The molecule has 0 aliphatic carbocycles. The molecule has 0 bridgehead atoms. The third-order valence-electron chi connectivity index (χ3n) is 3.53. The van der Waals surface area contributed by atoms with Gasteiger partial charge in [0, 0.05) is 29.7 Å². The van der Waals surface area contributed by atoms with Crippen LogP contribution in [0.25, 0.3) is 11.3 Å². The van der Waals surface area contributed by atoms with E-state index in [1.807, 2.05) is 42.6 Å². The summed E-state index contributed by atoms with van der Waals surface area (Å²) >= 11 is 1.57. The third kappa shape index (κ3) is 3.78. The minimum Gasteiger partial charge on any atom is -0.351 e. The Morgan fingerprint density at radius 1 is 1.21 bits per heavy atom. The Labute approximate surface area is 143 Å². The van der Waals surface area contributed by atoms with Crippen LogP contribution in [0.4, 0.5) is 0 Å². The second-order valence-corrected chi connectivity index (χ2v) is 6.31. The average Bonchev–Trinajstić information content (AvgIpc) is 3.00. The first kappa shape index (κ1) is 16.1. The number of rotatable bonds is 5. The van der Waals surface area contributed by atoms with E-state index in [0.29, 0.717) is 18.7 Å². The molecule has 2 N–H and O–H groups in total. The quantitative estimate of drug-likeness (QED) is 0.750. The molecule has 0 atom stereocenters. The predicted octanol–water partition coefficient (Wildman–Crippen LogP) is 2.78. The van der Waals surface area contributed by atoms with Crippen LogP contribution in [0, 0.1) is 6.92 Å². The first-order valence-corrected chi connectivity index (χ1v) is 8.49. The smallest absolute Gasteiger partial charge is 0.261 e. The number of carbonyl (C=O) groups excluding carboxylic acids is 1. The molecule has 122 valence electrons. The first-order valence-electron chi connectivity index (χ1n) is 7.61. The van der Waals surface area contributed by atoms with Gasteiger partial charge in [0.05, 0.1) is 5.01 Å². The third-order valence-corrected chi connectivity index (χ3v) is 4.56. The molecular weight excluding hydrogens is 322 g/mol. The Hall–Kier alpha value is -2.73. The first-order chi connectivity index (χ1) is 11.6. The number of amides is 1. The van der Waals surface area contributed by atoms with Gasteiger partial charge in [-0.25, -0.2) is 4.98 Å². The highest BCUT2D eigenvalue weighted by Gasteiger charge is 2.11. The second kappa shape index (κ2) is 7.23. The molecule has 0 fully saturated rings. The van der Waals surface area contributed by atoms with Crippen LogP contribution in [0.1, 0.15) is 21.1 Å². The zero-order valence-electron chi connectivity index (χ0n) is 13.2. The number of benzene rings is 1. The van der Waals surface area contributed by atoms with Gasteiger partial charge in [-0.1, -0.05) is 30.3 Å². The van der Waals surface area contributed by atoms with E-state index in [0.717, 1.165) is 16.3 Å². The van der Waals surface area contributed by atoms with Crippen molar-refractivity contribution >= 4 is 17.2 Å². The number of pyridine rings is 1. The summed E-state index contributed by atoms with van der Waals surface area (Å²) in [5.74, 6) is -0.371. The zero-order chi connectivity index (χ0) is 16.9. The predicted molar refractivity (Wildman–Crippen MR) is 95.4 cm³/mol. The van der Waals surface area contributed by atoms with Crippen LogP contribution in [0.15, 0.2) is 52.6 Å². The van der Waals surface area contributed by atoms with Crippen LogP contribution in [0.3, 0.4) is 0 Å². The van der Waals surface area contributed by atoms with Crippen LogP contribution < -0.4 is 10.9 Å². The lowest BCUT2D eigenvalue weighted by molar-refractivity contribution is 0.0952. The summed E-state index contributed by atoms with van der Waals surface area (Å²) in [5, 5.41) is 5.71. The van der Waals surface area contributed by atoms with Gasteiger partial charge in [-0.05, 0) is 24.6 Å². The number of nitrogens with zero attached hydrogens (tertiary/aromatic N) is 1. The molecule has 24 heavy (non-hydrogen) atoms. The summed E-state index contributed by atoms with van der Waals surface area (Å²) in [7, 11) is 0. The maximum absolute atomic E-state index is 12.2. The molecule has 0 spiro atoms. The lowest BCUT2D eigenvalue weighted by Crippen LogP contribution is -2.31. The van der Waals surface area contributed by atoms with Crippen molar-refractivity contribution in [2.24, 2.45) is 0 Å². The van der Waals surface area contributed by atoms with Gasteiger partial charge in [-0.3, -0.25) is 9.59 Å². The fraction of sp³-hybridized carbons (Fsp3) is 0.167. The van der Waals surface area contributed by atoms with Gasteiger partial charge in [0.2, 0.25) is 0 Å². The summed E-state index contributed by atoms with van der Waals surface area (Å²) in [4.78, 5) is 31.4. The van der Waals surface area contributed by atoms with E-state index in [9.17, 15) is 9.59 Å². The Morgan fingerprint density at radius 3 is 2.67 bits per heavy atom. The summed E-state index contributed by atoms with van der Waals surface area (Å²) in [5.41, 5.74) is 2.30. The molecule has 0 radical (unpaired) electrons. The molecule has 1 amide bonds. The molecule has 3 aromatic rings. The summed E-state index contributed by atoms with van der Waals surface area (Å²) in [6.45, 7) is 2.39. The summed E-state index contributed by atoms with van der Waals surface area (Å²) in [6, 6.07) is 12.8. The van der Waals surface area contributed by atoms with Crippen molar-refractivity contribution in [1.29, 1.82) is 0 Å². The number of hydrogen-bond donors (Lipinski definition) is 2. The fourth-order valence-corrected chi connectivity index (χ4v) is 3.11. The minimum absolute atomic E-state index is 0.116. The van der Waals surface area contributed by atoms with Gasteiger partial charge in [0.15, 0.2) is 0 Å². The molecule has 0 saturated carbocycles. The molecule has 2 aromatic heterocycles. The minimum atomic E-state index is -0.390. The molecule has 2 heterocycles. The SMILES string of the molecule is Cc1csc(CCNC(=O)c2ccc(-c3ccccc3)[nH]c2=O)n1. The van der Waals surface area contributed by atoms with E-state index in [1.54, 1.807) is 23.5 Å². The fourth-order valence-electron chi connectivity index (χ4n) is 2.33. The van der Waals surface area contributed by atoms with Crippen molar-refractivity contribution in [3.05, 3.63) is 74.5 Å². The number of aryl methyl sites for hydroxylation is 1. The highest BCUT2D eigenvalue weighted by molar-refractivity contribution is 7.09. The lowest BCUT2D eigenvalue weighted by atomic mass is 10.1. The Kier molecular flexibility index (Phi) is 4.86. The highest BCUT2D eigenvalue weighted by Crippen LogP contribution is 2.14. The number of hydrogen-bond acceptors (Lipinski definition) is 4. The van der Waals surface area contributed by atoms with E-state index in [4.69, 9.17) is 0 Å². The van der Waals surface area contributed by atoms with Crippen molar-refractivity contribution in [3.8, 4) is 11.3 Å². The van der Waals surface area contributed by atoms with Crippen LogP contribution in [0.5, 0.6) is 0 Å². The zero-order valence-corrected chi connectivity index (χ0v) is 14.0. The summed E-state index contributed by atoms with van der Waals surface area (Å²) < 4.78 is 0. The van der Waals surface area contributed by atoms with Crippen molar-refractivity contribution in [2.75, 3.05) is 6.54 Å². The normalized spacial score (nSPS) is 10.5. The highest BCUT2D eigenvalue weighted by atomic mass is 32.1.